The first-order valence-electron chi connectivity index (χ1n) is 9.93. The molecule has 1 unspecified atom stereocenters. The van der Waals surface area contributed by atoms with Gasteiger partial charge in [-0.05, 0) is 31.3 Å². The van der Waals surface area contributed by atoms with Crippen molar-refractivity contribution in [1.29, 1.82) is 0 Å². The van der Waals surface area contributed by atoms with E-state index in [1.807, 2.05) is 7.05 Å². The largest absolute Gasteiger partial charge is 0.347 e. The zero-order chi connectivity index (χ0) is 23.4. The molecule has 0 spiro atoms. The number of thiazole rings is 1. The number of carbonyl (C=O) groups is 4. The lowest BCUT2D eigenvalue weighted by atomic mass is 10.1. The van der Waals surface area contributed by atoms with Gasteiger partial charge in [0.2, 0.25) is 11.7 Å². The molecule has 1 aromatic carbocycles. The number of rotatable bonds is 7. The van der Waals surface area contributed by atoms with Gasteiger partial charge >= 0.3 is 0 Å². The van der Waals surface area contributed by atoms with Crippen molar-refractivity contribution in [3.63, 3.8) is 0 Å². The maximum absolute atomic E-state index is 12.8. The summed E-state index contributed by atoms with van der Waals surface area (Å²) in [5.74, 6) is -2.56. The van der Waals surface area contributed by atoms with E-state index in [9.17, 15) is 19.2 Å². The zero-order valence-electron chi connectivity index (χ0n) is 18.0. The van der Waals surface area contributed by atoms with E-state index in [1.165, 1.54) is 40.5 Å². The average Bonchev–Trinajstić information content (AvgIpc) is 3.19. The summed E-state index contributed by atoms with van der Waals surface area (Å²) >= 11 is 7.10. The van der Waals surface area contributed by atoms with Gasteiger partial charge in [0.15, 0.2) is 5.01 Å². The van der Waals surface area contributed by atoms with Crippen molar-refractivity contribution in [3.8, 4) is 0 Å². The minimum atomic E-state index is -1.05. The van der Waals surface area contributed by atoms with Crippen LogP contribution in [0.15, 0.2) is 24.3 Å². The number of carbonyl (C=O) groups excluding carboxylic acids is 4. The first-order valence-corrected chi connectivity index (χ1v) is 11.1. The third-order valence-electron chi connectivity index (χ3n) is 4.94. The second-order valence-corrected chi connectivity index (χ2v) is 9.20. The molecule has 1 aliphatic rings. The number of halogens is 1. The molecule has 3 amide bonds. The fourth-order valence-corrected chi connectivity index (χ4v) is 4.38. The van der Waals surface area contributed by atoms with Crippen LogP contribution < -0.4 is 10.6 Å². The quantitative estimate of drug-likeness (QED) is 0.454. The van der Waals surface area contributed by atoms with Gasteiger partial charge in [-0.3, -0.25) is 19.2 Å². The summed E-state index contributed by atoms with van der Waals surface area (Å²) in [7, 11) is 5.09. The summed E-state index contributed by atoms with van der Waals surface area (Å²) in [6.07, 6.45) is 0.762. The minimum absolute atomic E-state index is 0.171. The molecule has 11 heteroatoms. The van der Waals surface area contributed by atoms with E-state index in [-0.39, 0.29) is 17.1 Å². The molecule has 0 saturated heterocycles. The summed E-state index contributed by atoms with van der Waals surface area (Å²) < 4.78 is 0. The number of amides is 3. The highest BCUT2D eigenvalue weighted by Gasteiger charge is 2.28. The van der Waals surface area contributed by atoms with Gasteiger partial charge in [0.25, 0.3) is 11.8 Å². The second kappa shape index (κ2) is 10.2. The molecule has 9 nitrogen and oxygen atoms in total. The summed E-state index contributed by atoms with van der Waals surface area (Å²) in [6, 6.07) is 4.84. The monoisotopic (exact) mass is 477 g/mol. The van der Waals surface area contributed by atoms with Gasteiger partial charge in [-0.1, -0.05) is 11.6 Å². The van der Waals surface area contributed by atoms with Crippen LogP contribution in [0.5, 0.6) is 0 Å². The fourth-order valence-electron chi connectivity index (χ4n) is 3.16. The number of ketones is 1. The fraction of sp³-hybridized carbons (Fsp3) is 0.381. The zero-order valence-corrected chi connectivity index (χ0v) is 19.5. The lowest BCUT2D eigenvalue weighted by Crippen LogP contribution is -2.53. The van der Waals surface area contributed by atoms with Crippen LogP contribution in [0.25, 0.3) is 0 Å². The number of hydrogen-bond donors (Lipinski definition) is 2. The van der Waals surface area contributed by atoms with Crippen LogP contribution in [0.1, 0.15) is 30.7 Å². The first kappa shape index (κ1) is 23.8. The van der Waals surface area contributed by atoms with Crippen molar-refractivity contribution in [1.82, 2.24) is 25.4 Å². The molecule has 1 aliphatic heterocycles. The number of hydrogen-bond acceptors (Lipinski definition) is 7. The highest BCUT2D eigenvalue weighted by molar-refractivity contribution is 7.13. The highest BCUT2D eigenvalue weighted by Crippen LogP contribution is 2.24. The van der Waals surface area contributed by atoms with E-state index in [1.54, 1.807) is 14.1 Å². The van der Waals surface area contributed by atoms with Crippen LogP contribution in [-0.4, -0.2) is 78.6 Å². The Labute approximate surface area is 194 Å². The molecule has 0 radical (unpaired) electrons. The highest BCUT2D eigenvalue weighted by atomic mass is 35.5. The Kier molecular flexibility index (Phi) is 7.60. The number of aromatic nitrogens is 1. The van der Waals surface area contributed by atoms with E-state index in [0.29, 0.717) is 5.02 Å². The standard InChI is InChI=1S/C21H24ClN5O4S/c1-26(2)21(31)15(10-23-18(29)17(28)12-4-6-13(22)7-5-12)24-19(30)20-25-14-8-9-27(3)11-16(14)32-20/h4-7,15H,8-11H2,1-3H3,(H,23,29)(H,24,30). The molecular formula is C21H24ClN5O4S. The van der Waals surface area contributed by atoms with Crippen LogP contribution in [-0.2, 0) is 22.6 Å². The molecule has 1 aromatic heterocycles. The number of fused-ring (bicyclic) bond motifs is 1. The number of likely N-dealkylation sites (N-methyl/N-ethyl adjacent to an activating group) is 2. The second-order valence-electron chi connectivity index (χ2n) is 7.68. The van der Waals surface area contributed by atoms with Crippen molar-refractivity contribution in [3.05, 3.63) is 50.4 Å². The molecule has 0 fully saturated rings. The molecule has 2 aromatic rings. The summed E-state index contributed by atoms with van der Waals surface area (Å²) in [5, 5.41) is 5.78. The van der Waals surface area contributed by atoms with Crippen LogP contribution in [0.3, 0.4) is 0 Å². The van der Waals surface area contributed by atoms with E-state index in [4.69, 9.17) is 11.6 Å². The first-order chi connectivity index (χ1) is 15.2. The van der Waals surface area contributed by atoms with Crippen molar-refractivity contribution in [2.24, 2.45) is 0 Å². The van der Waals surface area contributed by atoms with Gasteiger partial charge in [0.05, 0.1) is 5.69 Å². The Morgan fingerprint density at radius 1 is 1.22 bits per heavy atom. The Morgan fingerprint density at radius 3 is 2.56 bits per heavy atom. The molecule has 0 saturated carbocycles. The molecule has 3 rings (SSSR count). The Morgan fingerprint density at radius 2 is 1.91 bits per heavy atom. The summed E-state index contributed by atoms with van der Waals surface area (Å²) in [5.41, 5.74) is 1.07. The third kappa shape index (κ3) is 5.70. The van der Waals surface area contributed by atoms with Gasteiger partial charge in [-0.2, -0.15) is 0 Å². The van der Waals surface area contributed by atoms with Crippen LogP contribution in [0, 0.1) is 0 Å². The molecule has 170 valence electrons. The van der Waals surface area contributed by atoms with Gasteiger partial charge in [0.1, 0.15) is 6.04 Å². The van der Waals surface area contributed by atoms with Gasteiger partial charge in [-0.15, -0.1) is 11.3 Å². The van der Waals surface area contributed by atoms with E-state index in [2.05, 4.69) is 20.5 Å². The SMILES string of the molecule is CN1CCc2nc(C(=O)NC(CNC(=O)C(=O)c3ccc(Cl)cc3)C(=O)N(C)C)sc2C1. The van der Waals surface area contributed by atoms with Crippen LogP contribution >= 0.6 is 22.9 Å². The smallest absolute Gasteiger partial charge is 0.292 e. The predicted octanol–water partition coefficient (Wildman–Crippen LogP) is 0.970. The molecule has 0 aliphatic carbocycles. The van der Waals surface area contributed by atoms with E-state index in [0.717, 1.165) is 30.1 Å². The maximum Gasteiger partial charge on any atom is 0.292 e. The molecule has 2 heterocycles. The maximum atomic E-state index is 12.8. The van der Waals surface area contributed by atoms with Gasteiger partial charge < -0.3 is 20.4 Å². The summed E-state index contributed by atoms with van der Waals surface area (Å²) in [6.45, 7) is 1.35. The van der Waals surface area contributed by atoms with E-state index < -0.39 is 29.5 Å². The van der Waals surface area contributed by atoms with E-state index >= 15 is 0 Å². The Balaban J connectivity index is 1.66. The molecule has 0 bridgehead atoms. The normalized spacial score (nSPS) is 14.2. The average molecular weight is 478 g/mol. The molecular weight excluding hydrogens is 454 g/mol. The van der Waals surface area contributed by atoms with Gasteiger partial charge in [-0.25, -0.2) is 4.98 Å². The van der Waals surface area contributed by atoms with Crippen molar-refractivity contribution >= 4 is 46.4 Å². The summed E-state index contributed by atoms with van der Waals surface area (Å²) in [4.78, 5) is 58.8. The van der Waals surface area contributed by atoms with Gasteiger partial charge in [0, 0.05) is 55.6 Å². The van der Waals surface area contributed by atoms with Crippen molar-refractivity contribution in [2.45, 2.75) is 19.0 Å². The minimum Gasteiger partial charge on any atom is -0.347 e. The predicted molar refractivity (Wildman–Crippen MR) is 121 cm³/mol. The number of benzene rings is 1. The molecule has 32 heavy (non-hydrogen) atoms. The third-order valence-corrected chi connectivity index (χ3v) is 6.27. The van der Waals surface area contributed by atoms with Crippen LogP contribution in [0.2, 0.25) is 5.02 Å². The van der Waals surface area contributed by atoms with Crippen LogP contribution in [0.4, 0.5) is 0 Å². The number of Topliss-reactive ketones (excluding diaryl/α,β-unsaturated/α-hetero) is 1. The van der Waals surface area contributed by atoms with Crippen molar-refractivity contribution in [2.75, 3.05) is 34.2 Å². The molecule has 1 atom stereocenters. The Bertz CT molecular complexity index is 1040. The topological polar surface area (TPSA) is 112 Å². The van der Waals surface area contributed by atoms with Crippen molar-refractivity contribution < 1.29 is 19.2 Å². The lowest BCUT2D eigenvalue weighted by molar-refractivity contribution is -0.130. The lowest BCUT2D eigenvalue weighted by Gasteiger charge is -2.21. The molecule has 2 N–H and O–H groups in total. The number of nitrogens with one attached hydrogen (secondary N) is 2. The number of nitrogens with zero attached hydrogens (tertiary/aromatic N) is 3. The Hall–Kier alpha value is -2.82.